The number of aromatic hydroxyl groups is 1. The Morgan fingerprint density at radius 2 is 1.81 bits per heavy atom. The predicted molar refractivity (Wildman–Crippen MR) is 74.8 cm³/mol. The maximum atomic E-state index is 13.9. The molecule has 0 aliphatic heterocycles. The maximum absolute atomic E-state index is 13.9. The molecule has 0 unspecified atom stereocenters. The third-order valence-electron chi connectivity index (χ3n) is 3.26. The summed E-state index contributed by atoms with van der Waals surface area (Å²) in [6.07, 6.45) is 5.27. The number of benzene rings is 2. The van der Waals surface area contributed by atoms with Gasteiger partial charge in [-0.05, 0) is 23.3 Å². The van der Waals surface area contributed by atoms with Crippen LogP contribution in [0.15, 0.2) is 55.1 Å². The fraction of sp³-hybridized carbons (Fsp3) is 0.0625. The molecule has 0 spiro atoms. The first-order valence-corrected chi connectivity index (χ1v) is 6.37. The lowest BCUT2D eigenvalue weighted by Crippen LogP contribution is -1.96. The molecular weight excluding hydrogens is 274 g/mol. The van der Waals surface area contributed by atoms with Gasteiger partial charge in [0.15, 0.2) is 17.4 Å². The quantitative estimate of drug-likeness (QED) is 0.799. The second-order valence-corrected chi connectivity index (χ2v) is 4.69. The Kier molecular flexibility index (Phi) is 3.39. The van der Waals surface area contributed by atoms with Crippen molar-refractivity contribution >= 4 is 0 Å². The van der Waals surface area contributed by atoms with Crippen LogP contribution in [0.3, 0.4) is 0 Å². The summed E-state index contributed by atoms with van der Waals surface area (Å²) in [6, 6.07) is 9.55. The van der Waals surface area contributed by atoms with E-state index < -0.39 is 17.4 Å². The van der Waals surface area contributed by atoms with Crippen molar-refractivity contribution in [3.05, 3.63) is 72.3 Å². The van der Waals surface area contributed by atoms with Crippen molar-refractivity contribution in [2.75, 3.05) is 0 Å². The highest BCUT2D eigenvalue weighted by molar-refractivity contribution is 5.66. The number of halogens is 2. The molecule has 0 saturated heterocycles. The van der Waals surface area contributed by atoms with Gasteiger partial charge in [0.05, 0.1) is 6.33 Å². The molecule has 0 atom stereocenters. The molecule has 5 heteroatoms. The van der Waals surface area contributed by atoms with Gasteiger partial charge in [-0.1, -0.05) is 24.3 Å². The molecule has 0 aliphatic carbocycles. The Hall–Kier alpha value is -2.69. The van der Waals surface area contributed by atoms with Crippen molar-refractivity contribution in [3.8, 4) is 16.9 Å². The first-order valence-electron chi connectivity index (χ1n) is 6.37. The summed E-state index contributed by atoms with van der Waals surface area (Å²) in [7, 11) is 0. The van der Waals surface area contributed by atoms with Crippen LogP contribution in [-0.4, -0.2) is 14.7 Å². The van der Waals surface area contributed by atoms with Crippen LogP contribution in [0.5, 0.6) is 5.75 Å². The molecule has 106 valence electrons. The topological polar surface area (TPSA) is 38.0 Å². The Labute approximate surface area is 120 Å². The third kappa shape index (κ3) is 2.63. The van der Waals surface area contributed by atoms with E-state index in [1.807, 2.05) is 22.9 Å². The van der Waals surface area contributed by atoms with E-state index in [-0.39, 0.29) is 5.56 Å². The summed E-state index contributed by atoms with van der Waals surface area (Å²) in [5.74, 6) is -2.86. The molecule has 1 N–H and O–H groups in total. The number of imidazole rings is 1. The van der Waals surface area contributed by atoms with Crippen LogP contribution in [0.2, 0.25) is 0 Å². The van der Waals surface area contributed by atoms with Crippen LogP contribution in [-0.2, 0) is 6.54 Å². The van der Waals surface area contributed by atoms with Crippen LogP contribution >= 0.6 is 0 Å². The molecule has 0 bridgehead atoms. The average molecular weight is 286 g/mol. The second kappa shape index (κ2) is 5.36. The Morgan fingerprint density at radius 1 is 1.05 bits per heavy atom. The average Bonchev–Trinajstić information content (AvgIpc) is 2.99. The van der Waals surface area contributed by atoms with Crippen molar-refractivity contribution in [2.24, 2.45) is 0 Å². The first-order chi connectivity index (χ1) is 10.1. The van der Waals surface area contributed by atoms with E-state index in [4.69, 9.17) is 0 Å². The van der Waals surface area contributed by atoms with Gasteiger partial charge in [-0.2, -0.15) is 0 Å². The fourth-order valence-corrected chi connectivity index (χ4v) is 2.14. The summed E-state index contributed by atoms with van der Waals surface area (Å²) in [5.41, 5.74) is 1.78. The zero-order chi connectivity index (χ0) is 14.8. The van der Waals surface area contributed by atoms with E-state index in [2.05, 4.69) is 4.98 Å². The molecule has 3 aromatic rings. The van der Waals surface area contributed by atoms with Crippen LogP contribution < -0.4 is 0 Å². The van der Waals surface area contributed by atoms with Crippen LogP contribution in [0.1, 0.15) is 5.56 Å². The molecule has 21 heavy (non-hydrogen) atoms. The highest BCUT2D eigenvalue weighted by Gasteiger charge is 2.13. The molecule has 0 aliphatic rings. The Morgan fingerprint density at radius 3 is 2.48 bits per heavy atom. The number of rotatable bonds is 3. The van der Waals surface area contributed by atoms with E-state index in [1.165, 1.54) is 6.07 Å². The van der Waals surface area contributed by atoms with Crippen LogP contribution in [0.25, 0.3) is 11.1 Å². The zero-order valence-corrected chi connectivity index (χ0v) is 11.0. The Bertz CT molecular complexity index is 753. The molecule has 0 fully saturated rings. The van der Waals surface area contributed by atoms with Crippen molar-refractivity contribution in [1.29, 1.82) is 0 Å². The highest BCUT2D eigenvalue weighted by Crippen LogP contribution is 2.30. The number of phenolic OH excluding ortho intramolecular Hbond substituents is 1. The van der Waals surface area contributed by atoms with Gasteiger partial charge in [0.2, 0.25) is 0 Å². The lowest BCUT2D eigenvalue weighted by Gasteiger charge is -2.07. The fourth-order valence-electron chi connectivity index (χ4n) is 2.14. The number of phenols is 1. The summed E-state index contributed by atoms with van der Waals surface area (Å²) < 4.78 is 28.8. The van der Waals surface area contributed by atoms with Crippen LogP contribution in [0, 0.1) is 11.6 Å². The van der Waals surface area contributed by atoms with Crippen LogP contribution in [0.4, 0.5) is 8.78 Å². The van der Waals surface area contributed by atoms with Crippen molar-refractivity contribution in [3.63, 3.8) is 0 Å². The minimum absolute atomic E-state index is 0.170. The molecule has 1 heterocycles. The summed E-state index contributed by atoms with van der Waals surface area (Å²) in [6.45, 7) is 0.664. The van der Waals surface area contributed by atoms with Crippen molar-refractivity contribution in [2.45, 2.75) is 6.54 Å². The van der Waals surface area contributed by atoms with E-state index in [1.54, 1.807) is 24.7 Å². The van der Waals surface area contributed by atoms with Gasteiger partial charge in [0.25, 0.3) is 0 Å². The predicted octanol–water partition coefficient (Wildman–Crippen LogP) is 3.58. The van der Waals surface area contributed by atoms with Gasteiger partial charge in [-0.3, -0.25) is 0 Å². The van der Waals surface area contributed by atoms with Gasteiger partial charge >= 0.3 is 0 Å². The SMILES string of the molecule is Oc1c(F)ccc(-c2ccc(Cn3ccnc3)cc2)c1F. The molecule has 0 amide bonds. The lowest BCUT2D eigenvalue weighted by molar-refractivity contribution is 0.397. The van der Waals surface area contributed by atoms with Crippen molar-refractivity contribution in [1.82, 2.24) is 9.55 Å². The van der Waals surface area contributed by atoms with Gasteiger partial charge in [-0.25, -0.2) is 13.8 Å². The minimum Gasteiger partial charge on any atom is -0.503 e. The van der Waals surface area contributed by atoms with E-state index in [0.717, 1.165) is 11.6 Å². The van der Waals surface area contributed by atoms with E-state index in [0.29, 0.717) is 12.1 Å². The van der Waals surface area contributed by atoms with E-state index >= 15 is 0 Å². The molecular formula is C16H12F2N2O. The zero-order valence-electron chi connectivity index (χ0n) is 11.0. The number of nitrogens with zero attached hydrogens (tertiary/aromatic N) is 2. The van der Waals surface area contributed by atoms with Gasteiger partial charge < -0.3 is 9.67 Å². The Balaban J connectivity index is 1.89. The molecule has 1 aromatic heterocycles. The van der Waals surface area contributed by atoms with Gasteiger partial charge in [0, 0.05) is 24.5 Å². The number of hydrogen-bond donors (Lipinski definition) is 1. The number of hydrogen-bond acceptors (Lipinski definition) is 2. The molecule has 0 saturated carbocycles. The van der Waals surface area contributed by atoms with Gasteiger partial charge in [0.1, 0.15) is 0 Å². The molecule has 0 radical (unpaired) electrons. The van der Waals surface area contributed by atoms with E-state index in [9.17, 15) is 13.9 Å². The molecule has 3 rings (SSSR count). The largest absolute Gasteiger partial charge is 0.503 e. The monoisotopic (exact) mass is 286 g/mol. The normalized spacial score (nSPS) is 10.8. The molecule has 3 nitrogen and oxygen atoms in total. The molecule has 2 aromatic carbocycles. The number of aromatic nitrogens is 2. The minimum atomic E-state index is -0.965. The highest BCUT2D eigenvalue weighted by atomic mass is 19.1. The first kappa shape index (κ1) is 13.3. The smallest absolute Gasteiger partial charge is 0.188 e. The standard InChI is InChI=1S/C16H12F2N2O/c17-14-6-5-13(15(18)16(14)21)12-3-1-11(2-4-12)9-20-8-7-19-10-20/h1-8,10,21H,9H2. The van der Waals surface area contributed by atoms with Gasteiger partial charge in [-0.15, -0.1) is 0 Å². The van der Waals surface area contributed by atoms with Crippen molar-refractivity contribution < 1.29 is 13.9 Å². The maximum Gasteiger partial charge on any atom is 0.188 e. The third-order valence-corrected chi connectivity index (χ3v) is 3.26. The summed E-state index contributed by atoms with van der Waals surface area (Å²) in [5, 5.41) is 9.31. The lowest BCUT2D eigenvalue weighted by atomic mass is 10.0. The second-order valence-electron chi connectivity index (χ2n) is 4.69. The summed E-state index contributed by atoms with van der Waals surface area (Å²) in [4.78, 5) is 3.96. The summed E-state index contributed by atoms with van der Waals surface area (Å²) >= 11 is 0.